The second kappa shape index (κ2) is 5.84. The zero-order chi connectivity index (χ0) is 14.7. The van der Waals surface area contributed by atoms with Crippen molar-refractivity contribution in [1.82, 2.24) is 20.1 Å². The van der Waals surface area contributed by atoms with Crippen molar-refractivity contribution >= 4 is 0 Å². The third kappa shape index (κ3) is 3.14. The van der Waals surface area contributed by atoms with Crippen LogP contribution in [0, 0.1) is 5.82 Å². The largest absolute Gasteiger partial charge is 0.348 e. The minimum absolute atomic E-state index is 0.271. The van der Waals surface area contributed by atoms with Crippen molar-refractivity contribution in [2.75, 3.05) is 0 Å². The SMILES string of the molecule is NC(Cc1cnc[nH]1)c1nc(Cc2ccccc2F)no1. The Bertz CT molecular complexity index is 710. The molecule has 1 atom stereocenters. The van der Waals surface area contributed by atoms with Gasteiger partial charge in [0.25, 0.3) is 0 Å². The topological polar surface area (TPSA) is 93.6 Å². The monoisotopic (exact) mass is 287 g/mol. The molecular formula is C14H14FN5O. The lowest BCUT2D eigenvalue weighted by atomic mass is 10.1. The number of nitrogens with zero attached hydrogens (tertiary/aromatic N) is 3. The number of aromatic nitrogens is 4. The first-order chi connectivity index (χ1) is 10.2. The molecule has 0 amide bonds. The highest BCUT2D eigenvalue weighted by Gasteiger charge is 2.16. The third-order valence-electron chi connectivity index (χ3n) is 3.10. The molecule has 0 aliphatic carbocycles. The molecule has 0 radical (unpaired) electrons. The van der Waals surface area contributed by atoms with Crippen LogP contribution in [0.1, 0.15) is 29.0 Å². The van der Waals surface area contributed by atoms with Crippen LogP contribution in [-0.2, 0) is 12.8 Å². The van der Waals surface area contributed by atoms with Gasteiger partial charge in [-0.3, -0.25) is 0 Å². The Morgan fingerprint density at radius 2 is 2.19 bits per heavy atom. The van der Waals surface area contributed by atoms with Gasteiger partial charge in [0, 0.05) is 24.7 Å². The van der Waals surface area contributed by atoms with E-state index in [1.54, 1.807) is 30.7 Å². The number of hydrogen-bond acceptors (Lipinski definition) is 5. The summed E-state index contributed by atoms with van der Waals surface area (Å²) < 4.78 is 18.7. The van der Waals surface area contributed by atoms with Crippen LogP contribution in [0.15, 0.2) is 41.3 Å². The second-order valence-corrected chi connectivity index (χ2v) is 4.70. The average molecular weight is 287 g/mol. The van der Waals surface area contributed by atoms with Gasteiger partial charge < -0.3 is 15.2 Å². The van der Waals surface area contributed by atoms with E-state index >= 15 is 0 Å². The molecule has 1 unspecified atom stereocenters. The van der Waals surface area contributed by atoms with E-state index in [2.05, 4.69) is 20.1 Å². The van der Waals surface area contributed by atoms with Crippen LogP contribution in [-0.4, -0.2) is 20.1 Å². The number of rotatable bonds is 5. The molecule has 0 aliphatic heterocycles. The van der Waals surface area contributed by atoms with E-state index in [4.69, 9.17) is 10.3 Å². The van der Waals surface area contributed by atoms with Crippen molar-refractivity contribution in [3.63, 3.8) is 0 Å². The van der Waals surface area contributed by atoms with Crippen molar-refractivity contribution < 1.29 is 8.91 Å². The lowest BCUT2D eigenvalue weighted by molar-refractivity contribution is 0.350. The number of benzene rings is 1. The number of hydrogen-bond donors (Lipinski definition) is 2. The number of H-pyrrole nitrogens is 1. The molecule has 2 heterocycles. The van der Waals surface area contributed by atoms with E-state index in [9.17, 15) is 4.39 Å². The van der Waals surface area contributed by atoms with Crippen molar-refractivity contribution in [2.24, 2.45) is 5.73 Å². The zero-order valence-corrected chi connectivity index (χ0v) is 11.2. The maximum atomic E-state index is 13.6. The molecule has 2 aromatic heterocycles. The highest BCUT2D eigenvalue weighted by molar-refractivity contribution is 5.20. The average Bonchev–Trinajstić information content (AvgIpc) is 3.13. The molecule has 0 saturated carbocycles. The van der Waals surface area contributed by atoms with E-state index in [1.165, 1.54) is 6.07 Å². The number of nitrogens with one attached hydrogen (secondary N) is 1. The number of halogens is 1. The number of aromatic amines is 1. The predicted molar refractivity (Wildman–Crippen MR) is 72.7 cm³/mol. The summed E-state index contributed by atoms with van der Waals surface area (Å²) in [4.78, 5) is 11.1. The molecule has 1 aromatic carbocycles. The molecule has 0 aliphatic rings. The summed E-state index contributed by atoms with van der Waals surface area (Å²) in [7, 11) is 0. The van der Waals surface area contributed by atoms with E-state index < -0.39 is 6.04 Å². The van der Waals surface area contributed by atoms with Crippen LogP contribution >= 0.6 is 0 Å². The Morgan fingerprint density at radius 1 is 1.33 bits per heavy atom. The summed E-state index contributed by atoms with van der Waals surface area (Å²) in [6.45, 7) is 0. The Labute approximate surface area is 120 Å². The smallest absolute Gasteiger partial charge is 0.243 e. The van der Waals surface area contributed by atoms with Crippen LogP contribution in [0.25, 0.3) is 0 Å². The number of nitrogens with two attached hydrogens (primary N) is 1. The van der Waals surface area contributed by atoms with Gasteiger partial charge in [-0.2, -0.15) is 4.98 Å². The summed E-state index contributed by atoms with van der Waals surface area (Å²) in [5, 5.41) is 3.84. The van der Waals surface area contributed by atoms with Crippen LogP contribution in [0.4, 0.5) is 4.39 Å². The molecule has 3 rings (SSSR count). The van der Waals surface area contributed by atoms with E-state index in [1.807, 2.05) is 0 Å². The fourth-order valence-corrected chi connectivity index (χ4v) is 2.02. The van der Waals surface area contributed by atoms with Gasteiger partial charge in [-0.15, -0.1) is 0 Å². The van der Waals surface area contributed by atoms with Gasteiger partial charge in [-0.1, -0.05) is 23.4 Å². The molecule has 6 nitrogen and oxygen atoms in total. The first kappa shape index (κ1) is 13.4. The molecule has 7 heteroatoms. The van der Waals surface area contributed by atoms with Crippen LogP contribution < -0.4 is 5.73 Å². The van der Waals surface area contributed by atoms with Crippen LogP contribution in [0.5, 0.6) is 0 Å². The minimum atomic E-state index is -0.424. The summed E-state index contributed by atoms with van der Waals surface area (Å²) in [5.74, 6) is 0.455. The maximum Gasteiger partial charge on any atom is 0.243 e. The van der Waals surface area contributed by atoms with Gasteiger partial charge in [0.15, 0.2) is 5.82 Å². The van der Waals surface area contributed by atoms with Crippen molar-refractivity contribution in [3.05, 3.63) is 65.6 Å². The Hall–Kier alpha value is -2.54. The van der Waals surface area contributed by atoms with E-state index in [0.29, 0.717) is 23.7 Å². The zero-order valence-electron chi connectivity index (χ0n) is 11.2. The molecule has 3 N–H and O–H groups in total. The molecule has 0 bridgehead atoms. The lowest BCUT2D eigenvalue weighted by Gasteiger charge is -2.03. The highest BCUT2D eigenvalue weighted by Crippen LogP contribution is 2.15. The molecule has 0 spiro atoms. The molecule has 108 valence electrons. The highest BCUT2D eigenvalue weighted by atomic mass is 19.1. The molecular weight excluding hydrogens is 273 g/mol. The van der Waals surface area contributed by atoms with Crippen LogP contribution in [0.3, 0.4) is 0 Å². The van der Waals surface area contributed by atoms with Gasteiger partial charge in [0.1, 0.15) is 5.82 Å². The fourth-order valence-electron chi connectivity index (χ4n) is 2.02. The lowest BCUT2D eigenvalue weighted by Crippen LogP contribution is -2.14. The van der Waals surface area contributed by atoms with Gasteiger partial charge >= 0.3 is 0 Å². The van der Waals surface area contributed by atoms with E-state index in [0.717, 1.165) is 5.69 Å². The summed E-state index contributed by atoms with van der Waals surface area (Å²) in [6, 6.07) is 6.08. The summed E-state index contributed by atoms with van der Waals surface area (Å²) >= 11 is 0. The minimum Gasteiger partial charge on any atom is -0.348 e. The first-order valence-electron chi connectivity index (χ1n) is 6.51. The molecule has 3 aromatic rings. The fraction of sp³-hybridized carbons (Fsp3) is 0.214. The van der Waals surface area contributed by atoms with Crippen molar-refractivity contribution in [1.29, 1.82) is 0 Å². The summed E-state index contributed by atoms with van der Waals surface area (Å²) in [6.07, 6.45) is 4.06. The van der Waals surface area contributed by atoms with Crippen molar-refractivity contribution in [2.45, 2.75) is 18.9 Å². The van der Waals surface area contributed by atoms with Crippen molar-refractivity contribution in [3.8, 4) is 0 Å². The third-order valence-corrected chi connectivity index (χ3v) is 3.10. The predicted octanol–water partition coefficient (Wildman–Crippen LogP) is 1.77. The Morgan fingerprint density at radius 3 is 2.95 bits per heavy atom. The van der Waals surface area contributed by atoms with Crippen LogP contribution in [0.2, 0.25) is 0 Å². The maximum absolute atomic E-state index is 13.6. The quantitative estimate of drug-likeness (QED) is 0.745. The van der Waals surface area contributed by atoms with E-state index in [-0.39, 0.29) is 12.2 Å². The molecule has 21 heavy (non-hydrogen) atoms. The van der Waals surface area contributed by atoms with Gasteiger partial charge in [0.2, 0.25) is 5.89 Å². The van der Waals surface area contributed by atoms with Gasteiger partial charge in [-0.25, -0.2) is 9.37 Å². The first-order valence-corrected chi connectivity index (χ1v) is 6.51. The molecule has 0 saturated heterocycles. The normalized spacial score (nSPS) is 12.5. The van der Waals surface area contributed by atoms with Gasteiger partial charge in [-0.05, 0) is 11.6 Å². The standard InChI is InChI=1S/C14H14FN5O/c15-11-4-2-1-3-9(11)5-13-19-14(21-20-13)12(16)6-10-7-17-8-18-10/h1-4,7-8,12H,5-6,16H2,(H,17,18). The Balaban J connectivity index is 1.70. The number of imidazole rings is 1. The molecule has 0 fully saturated rings. The van der Waals surface area contributed by atoms with Gasteiger partial charge in [0.05, 0.1) is 12.4 Å². The summed E-state index contributed by atoms with van der Waals surface area (Å²) in [5.41, 5.74) is 7.41. The second-order valence-electron chi connectivity index (χ2n) is 4.70. The Kier molecular flexibility index (Phi) is 3.74.